The summed E-state index contributed by atoms with van der Waals surface area (Å²) in [5, 5.41) is 10.7. The molecule has 1 fully saturated rings. The molecule has 0 radical (unpaired) electrons. The fourth-order valence-corrected chi connectivity index (χ4v) is 6.51. The molecular weight excluding hydrogens is 474 g/mol. The van der Waals surface area contributed by atoms with Crippen molar-refractivity contribution in [3.63, 3.8) is 0 Å². The zero-order valence-electron chi connectivity index (χ0n) is 18.4. The number of anilines is 1. The molecule has 0 unspecified atom stereocenters. The molecule has 1 aliphatic carbocycles. The van der Waals surface area contributed by atoms with Gasteiger partial charge in [0, 0.05) is 28.0 Å². The van der Waals surface area contributed by atoms with E-state index >= 15 is 0 Å². The Bertz CT molecular complexity index is 1430. The summed E-state index contributed by atoms with van der Waals surface area (Å²) in [4.78, 5) is 14.3. The van der Waals surface area contributed by atoms with E-state index in [1.54, 1.807) is 6.20 Å². The minimum atomic E-state index is -1.03. The number of nitrogens with zero attached hydrogens (tertiary/aromatic N) is 2. The molecule has 0 bridgehead atoms. The van der Waals surface area contributed by atoms with Crippen LogP contribution >= 0.6 is 15.9 Å². The highest BCUT2D eigenvalue weighted by Crippen LogP contribution is 2.64. The van der Waals surface area contributed by atoms with Gasteiger partial charge in [-0.05, 0) is 65.9 Å². The predicted octanol–water partition coefficient (Wildman–Crippen LogP) is 6.22. The van der Waals surface area contributed by atoms with Crippen LogP contribution in [0.4, 0.5) is 5.69 Å². The van der Waals surface area contributed by atoms with E-state index in [0.29, 0.717) is 12.8 Å². The molecule has 0 saturated heterocycles. The minimum absolute atomic E-state index is 0.0989. The van der Waals surface area contributed by atoms with E-state index in [9.17, 15) is 4.79 Å². The van der Waals surface area contributed by atoms with E-state index in [4.69, 9.17) is 0 Å². The van der Waals surface area contributed by atoms with Gasteiger partial charge >= 0.3 is 0 Å². The number of aromatic nitrogens is 2. The first kappa shape index (κ1) is 20.4. The van der Waals surface area contributed by atoms with Crippen molar-refractivity contribution in [1.29, 1.82) is 0 Å². The van der Waals surface area contributed by atoms with Crippen LogP contribution < -0.4 is 5.32 Å². The van der Waals surface area contributed by atoms with Crippen molar-refractivity contribution in [2.45, 2.75) is 30.8 Å². The molecule has 2 aliphatic rings. The van der Waals surface area contributed by atoms with Gasteiger partial charge in [-0.2, -0.15) is 5.10 Å². The molecule has 33 heavy (non-hydrogen) atoms. The molecule has 5 heteroatoms. The summed E-state index contributed by atoms with van der Waals surface area (Å²) in [5.41, 5.74) is 1.05. The molecule has 1 N–H and O–H groups in total. The average molecular weight is 498 g/mol. The largest absolute Gasteiger partial charge is 0.354 e. The van der Waals surface area contributed by atoms with E-state index in [1.165, 1.54) is 16.3 Å². The van der Waals surface area contributed by atoms with Crippen LogP contribution in [0.2, 0.25) is 0 Å². The van der Waals surface area contributed by atoms with Gasteiger partial charge in [0.1, 0.15) is 0 Å². The molecule has 3 aromatic carbocycles. The maximum absolute atomic E-state index is 14.3. The third-order valence-electron chi connectivity index (χ3n) is 7.64. The molecule has 1 aromatic heterocycles. The van der Waals surface area contributed by atoms with Gasteiger partial charge in [0.15, 0.2) is 5.78 Å². The third kappa shape index (κ3) is 2.63. The molecule has 0 amide bonds. The Morgan fingerprint density at radius 1 is 1.12 bits per heavy atom. The van der Waals surface area contributed by atoms with Crippen LogP contribution in [0.15, 0.2) is 96.3 Å². The number of rotatable bonds is 4. The van der Waals surface area contributed by atoms with Crippen molar-refractivity contribution >= 4 is 38.2 Å². The van der Waals surface area contributed by atoms with Gasteiger partial charge in [-0.15, -0.1) is 6.58 Å². The van der Waals surface area contributed by atoms with Gasteiger partial charge in [0.2, 0.25) is 5.66 Å². The smallest absolute Gasteiger partial charge is 0.201 e. The van der Waals surface area contributed by atoms with Crippen molar-refractivity contribution in [2.75, 3.05) is 5.32 Å². The Morgan fingerprint density at radius 3 is 2.70 bits per heavy atom. The minimum Gasteiger partial charge on any atom is -0.354 e. The van der Waals surface area contributed by atoms with Gasteiger partial charge < -0.3 is 5.32 Å². The summed E-state index contributed by atoms with van der Waals surface area (Å²) in [5.74, 6) is 0.0989. The number of ketones is 1. The molecule has 4 nitrogen and oxygen atoms in total. The van der Waals surface area contributed by atoms with Gasteiger partial charge in [-0.3, -0.25) is 4.79 Å². The summed E-state index contributed by atoms with van der Waals surface area (Å²) < 4.78 is 2.83. The predicted molar refractivity (Wildman–Crippen MR) is 135 cm³/mol. The summed E-state index contributed by atoms with van der Waals surface area (Å²) in [6.07, 6.45) is 6.80. The molecule has 2 heterocycles. The van der Waals surface area contributed by atoms with Crippen molar-refractivity contribution < 1.29 is 4.79 Å². The summed E-state index contributed by atoms with van der Waals surface area (Å²) in [7, 11) is 0. The first-order valence-electron chi connectivity index (χ1n) is 11.2. The fraction of sp³-hybridized carbons (Fsp3) is 0.214. The van der Waals surface area contributed by atoms with Crippen molar-refractivity contribution in [3.8, 4) is 0 Å². The van der Waals surface area contributed by atoms with Crippen LogP contribution in [-0.2, 0) is 22.3 Å². The maximum atomic E-state index is 14.3. The number of nitrogens with one attached hydrogen (secondary N) is 1. The van der Waals surface area contributed by atoms with Crippen LogP contribution in [0.3, 0.4) is 0 Å². The second-order valence-electron chi connectivity index (χ2n) is 9.54. The molecular formula is C28H24BrN3O. The summed E-state index contributed by atoms with van der Waals surface area (Å²) in [6.45, 7) is 6.08. The highest BCUT2D eigenvalue weighted by Gasteiger charge is 2.73. The monoisotopic (exact) mass is 497 g/mol. The Hall–Kier alpha value is -3.18. The number of halogens is 1. The normalized spacial score (nSPS) is 27.9. The number of carbonyl (C=O) groups is 1. The van der Waals surface area contributed by atoms with Crippen molar-refractivity contribution in [3.05, 3.63) is 107 Å². The van der Waals surface area contributed by atoms with Crippen LogP contribution in [0, 0.1) is 5.41 Å². The number of Topliss-reactive ketones (excluding diaryl/α,β-unsaturated/α-hetero) is 1. The van der Waals surface area contributed by atoms with Gasteiger partial charge in [0.25, 0.3) is 0 Å². The highest BCUT2D eigenvalue weighted by atomic mass is 79.9. The second kappa shape index (κ2) is 6.91. The average Bonchev–Trinajstić information content (AvgIpc) is 3.49. The van der Waals surface area contributed by atoms with Gasteiger partial charge in [-0.25, -0.2) is 4.68 Å². The van der Waals surface area contributed by atoms with E-state index in [2.05, 4.69) is 87.5 Å². The van der Waals surface area contributed by atoms with Crippen LogP contribution in [0.25, 0.3) is 10.8 Å². The van der Waals surface area contributed by atoms with E-state index in [0.717, 1.165) is 15.7 Å². The van der Waals surface area contributed by atoms with E-state index in [-0.39, 0.29) is 5.78 Å². The van der Waals surface area contributed by atoms with E-state index in [1.807, 2.05) is 36.0 Å². The Balaban J connectivity index is 1.64. The topological polar surface area (TPSA) is 46.9 Å². The lowest BCUT2D eigenvalue weighted by Crippen LogP contribution is -2.56. The second-order valence-corrected chi connectivity index (χ2v) is 10.5. The molecule has 1 saturated carbocycles. The Labute approximate surface area is 201 Å². The quantitative estimate of drug-likeness (QED) is 0.340. The number of hydrogen-bond acceptors (Lipinski definition) is 3. The molecule has 6 rings (SSSR count). The molecule has 164 valence electrons. The standard InChI is InChI=1S/C28H24BrN3O/c1-3-26(2)18-27(17-19-9-10-20-7-4-5-8-21(20)15-19)23-16-22(29)11-12-24(23)31-28(27,25(26)33)32-14-6-13-30-32/h3-16,31H,1,17-18H2,2H3/t26-,27+,28-/m0/s1. The van der Waals surface area contributed by atoms with Crippen molar-refractivity contribution in [2.24, 2.45) is 5.41 Å². The zero-order valence-corrected chi connectivity index (χ0v) is 20.0. The number of hydrogen-bond donors (Lipinski definition) is 1. The molecule has 3 atom stereocenters. The lowest BCUT2D eigenvalue weighted by atomic mass is 9.69. The third-order valence-corrected chi connectivity index (χ3v) is 8.13. The van der Waals surface area contributed by atoms with Crippen molar-refractivity contribution in [1.82, 2.24) is 9.78 Å². The first-order chi connectivity index (χ1) is 15.9. The van der Waals surface area contributed by atoms with Crippen LogP contribution in [0.5, 0.6) is 0 Å². The summed E-state index contributed by atoms with van der Waals surface area (Å²) in [6, 6.07) is 23.1. The first-order valence-corrected chi connectivity index (χ1v) is 12.0. The zero-order chi connectivity index (χ0) is 22.8. The Kier molecular flexibility index (Phi) is 4.28. The highest BCUT2D eigenvalue weighted by molar-refractivity contribution is 9.10. The Morgan fingerprint density at radius 2 is 1.94 bits per heavy atom. The number of benzene rings is 3. The van der Waals surface area contributed by atoms with Gasteiger partial charge in [-0.1, -0.05) is 64.5 Å². The fourth-order valence-electron chi connectivity index (χ4n) is 6.14. The van der Waals surface area contributed by atoms with Crippen LogP contribution in [0.1, 0.15) is 24.5 Å². The van der Waals surface area contributed by atoms with Crippen LogP contribution in [-0.4, -0.2) is 15.6 Å². The maximum Gasteiger partial charge on any atom is 0.201 e. The lowest BCUT2D eigenvalue weighted by molar-refractivity contribution is -0.130. The van der Waals surface area contributed by atoms with Gasteiger partial charge in [0.05, 0.1) is 5.41 Å². The molecule has 1 aliphatic heterocycles. The molecule has 0 spiro atoms. The van der Waals surface area contributed by atoms with E-state index < -0.39 is 16.5 Å². The summed E-state index contributed by atoms with van der Waals surface area (Å²) >= 11 is 3.68. The SMILES string of the molecule is C=C[C@@]1(C)C[C@]2(Cc3ccc4ccccc4c3)c3cc(Br)ccc3N[C@]2(n2cccn2)C1=O. The number of allylic oxidation sites excluding steroid dienone is 1. The lowest BCUT2D eigenvalue weighted by Gasteiger charge is -2.40. The number of fused-ring (bicyclic) bond motifs is 4. The molecule has 4 aromatic rings. The number of carbonyl (C=O) groups excluding carboxylic acids is 1.